The van der Waals surface area contributed by atoms with Crippen molar-refractivity contribution in [3.8, 4) is 0 Å². The Morgan fingerprint density at radius 2 is 1.88 bits per heavy atom. The summed E-state index contributed by atoms with van der Waals surface area (Å²) in [5, 5.41) is -0.952. The summed E-state index contributed by atoms with van der Waals surface area (Å²) in [4.78, 5) is 21.5. The molecule has 0 aliphatic carbocycles. The Kier molecular flexibility index (Phi) is 4.39. The number of aryl methyl sites for hydroxylation is 1. The van der Waals surface area contributed by atoms with E-state index in [2.05, 4.69) is 4.74 Å². The molecule has 0 bridgehead atoms. The van der Waals surface area contributed by atoms with Crippen molar-refractivity contribution in [3.05, 3.63) is 35.4 Å². The Balaban J connectivity index is 2.81. The Bertz CT molecular complexity index is 501. The van der Waals surface area contributed by atoms with Crippen LogP contribution in [0, 0.1) is 6.92 Å². The maximum Gasteiger partial charge on any atom is 0.293 e. The molecule has 5 nitrogen and oxygen atoms in total. The number of carbonyl (C=O) groups is 2. The topological polar surface area (TPSA) is 77.5 Å². The molecule has 0 unspecified atom stereocenters. The number of rotatable bonds is 5. The zero-order chi connectivity index (χ0) is 12.9. The van der Waals surface area contributed by atoms with Gasteiger partial charge in [0.1, 0.15) is 6.61 Å². The molecule has 1 rings (SSSR count). The van der Waals surface area contributed by atoms with Gasteiger partial charge < -0.3 is 4.74 Å². The summed E-state index contributed by atoms with van der Waals surface area (Å²) >= 11 is 0. The van der Waals surface area contributed by atoms with Crippen LogP contribution in [0.4, 0.5) is 0 Å². The minimum atomic E-state index is -3.92. The molecule has 1 aromatic carbocycles. The smallest absolute Gasteiger partial charge is 0.293 e. The number of ether oxygens (including phenoxy) is 1. The number of hydrogen-bond acceptors (Lipinski definition) is 5. The van der Waals surface area contributed by atoms with Crippen LogP contribution in [0.15, 0.2) is 24.3 Å². The van der Waals surface area contributed by atoms with Gasteiger partial charge in [-0.2, -0.15) is 0 Å². The fourth-order valence-electron chi connectivity index (χ4n) is 1.17. The standard InChI is InChI=1S/C11H12O5S/c1-9-2-4-10(5-3-9)11(13)17(14,15)7-6-16-8-12/h2-5,8H,6-7H2,1H3. The lowest BCUT2D eigenvalue weighted by Crippen LogP contribution is -2.21. The third-order valence-corrected chi connectivity index (χ3v) is 3.61. The third-order valence-electron chi connectivity index (χ3n) is 2.11. The summed E-state index contributed by atoms with van der Waals surface area (Å²) in [6.07, 6.45) is 0. The molecule has 1 aromatic rings. The fraction of sp³-hybridized carbons (Fsp3) is 0.273. The zero-order valence-electron chi connectivity index (χ0n) is 9.25. The Labute approximate surface area is 99.3 Å². The van der Waals surface area contributed by atoms with Gasteiger partial charge in [0.25, 0.3) is 11.6 Å². The lowest BCUT2D eigenvalue weighted by Gasteiger charge is -2.03. The highest BCUT2D eigenvalue weighted by atomic mass is 32.2. The van der Waals surface area contributed by atoms with Crippen LogP contribution in [0.5, 0.6) is 0 Å². The van der Waals surface area contributed by atoms with Crippen molar-refractivity contribution in [1.82, 2.24) is 0 Å². The molecule has 17 heavy (non-hydrogen) atoms. The summed E-state index contributed by atoms with van der Waals surface area (Å²) in [6.45, 7) is 1.66. The van der Waals surface area contributed by atoms with Crippen LogP contribution in [-0.2, 0) is 19.4 Å². The van der Waals surface area contributed by atoms with Crippen molar-refractivity contribution in [2.45, 2.75) is 6.92 Å². The first-order valence-corrected chi connectivity index (χ1v) is 6.51. The number of benzene rings is 1. The maximum atomic E-state index is 11.6. The summed E-state index contributed by atoms with van der Waals surface area (Å²) in [7, 11) is -3.92. The maximum absolute atomic E-state index is 11.6. The normalized spacial score (nSPS) is 10.9. The second kappa shape index (κ2) is 5.58. The summed E-state index contributed by atoms with van der Waals surface area (Å²) in [6, 6.07) is 6.22. The molecule has 0 radical (unpaired) electrons. The second-order valence-corrected chi connectivity index (χ2v) is 5.45. The highest BCUT2D eigenvalue weighted by Crippen LogP contribution is 2.08. The van der Waals surface area contributed by atoms with Gasteiger partial charge in [0.2, 0.25) is 9.84 Å². The SMILES string of the molecule is Cc1ccc(C(=O)S(=O)(=O)CCOC=O)cc1. The molecule has 0 amide bonds. The molecule has 0 aliphatic heterocycles. The monoisotopic (exact) mass is 256 g/mol. The van der Waals surface area contributed by atoms with E-state index in [1.807, 2.05) is 6.92 Å². The van der Waals surface area contributed by atoms with Crippen LogP contribution < -0.4 is 0 Å². The predicted molar refractivity (Wildman–Crippen MR) is 61.3 cm³/mol. The van der Waals surface area contributed by atoms with Crippen LogP contribution in [0.1, 0.15) is 15.9 Å². The quantitative estimate of drug-likeness (QED) is 0.573. The molecule has 0 saturated heterocycles. The van der Waals surface area contributed by atoms with Gasteiger partial charge in [-0.05, 0) is 6.92 Å². The first kappa shape index (κ1) is 13.4. The van der Waals surface area contributed by atoms with Gasteiger partial charge >= 0.3 is 0 Å². The van der Waals surface area contributed by atoms with Gasteiger partial charge in [0.05, 0.1) is 5.75 Å². The van der Waals surface area contributed by atoms with Gasteiger partial charge in [-0.25, -0.2) is 8.42 Å². The third kappa shape index (κ3) is 3.67. The molecule has 0 spiro atoms. The van der Waals surface area contributed by atoms with Crippen LogP contribution in [0.3, 0.4) is 0 Å². The molecule has 0 N–H and O–H groups in total. The summed E-state index contributed by atoms with van der Waals surface area (Å²) in [5.74, 6) is -0.502. The van der Waals surface area contributed by atoms with Gasteiger partial charge in [-0.15, -0.1) is 0 Å². The van der Waals surface area contributed by atoms with Crippen LogP contribution in [-0.4, -0.2) is 32.4 Å². The van der Waals surface area contributed by atoms with Crippen molar-refractivity contribution in [2.75, 3.05) is 12.4 Å². The minimum Gasteiger partial charge on any atom is -0.467 e. The zero-order valence-corrected chi connectivity index (χ0v) is 10.1. The van der Waals surface area contributed by atoms with Crippen molar-refractivity contribution >= 4 is 21.4 Å². The number of sulfone groups is 1. The van der Waals surface area contributed by atoms with E-state index < -0.39 is 20.7 Å². The number of hydrogen-bond donors (Lipinski definition) is 0. The number of carbonyl (C=O) groups excluding carboxylic acids is 2. The Hall–Kier alpha value is -1.69. The molecule has 6 heteroatoms. The van der Waals surface area contributed by atoms with E-state index in [0.29, 0.717) is 0 Å². The van der Waals surface area contributed by atoms with E-state index in [0.717, 1.165) is 5.56 Å². The first-order chi connectivity index (χ1) is 7.97. The molecule has 0 aliphatic rings. The van der Waals surface area contributed by atoms with Crippen molar-refractivity contribution in [2.24, 2.45) is 0 Å². The van der Waals surface area contributed by atoms with Crippen molar-refractivity contribution in [3.63, 3.8) is 0 Å². The highest BCUT2D eigenvalue weighted by molar-refractivity contribution is 8.06. The molecule has 0 fully saturated rings. The fourth-order valence-corrected chi connectivity index (χ4v) is 2.16. The highest BCUT2D eigenvalue weighted by Gasteiger charge is 2.23. The molecule has 0 atom stereocenters. The van der Waals surface area contributed by atoms with E-state index in [4.69, 9.17) is 0 Å². The Morgan fingerprint density at radius 1 is 1.29 bits per heavy atom. The summed E-state index contributed by atoms with van der Waals surface area (Å²) in [5.41, 5.74) is 1.05. The summed E-state index contributed by atoms with van der Waals surface area (Å²) < 4.78 is 27.4. The van der Waals surface area contributed by atoms with E-state index >= 15 is 0 Å². The second-order valence-electron chi connectivity index (χ2n) is 3.44. The van der Waals surface area contributed by atoms with Gasteiger partial charge in [0.15, 0.2) is 0 Å². The predicted octanol–water partition coefficient (Wildman–Crippen LogP) is 0.723. The largest absolute Gasteiger partial charge is 0.467 e. The molecule has 0 aromatic heterocycles. The van der Waals surface area contributed by atoms with Gasteiger partial charge in [0, 0.05) is 5.56 Å². The van der Waals surface area contributed by atoms with Crippen molar-refractivity contribution < 1.29 is 22.7 Å². The van der Waals surface area contributed by atoms with E-state index in [1.54, 1.807) is 12.1 Å². The van der Waals surface area contributed by atoms with Gasteiger partial charge in [-0.3, -0.25) is 9.59 Å². The van der Waals surface area contributed by atoms with Crippen LogP contribution in [0.2, 0.25) is 0 Å². The Morgan fingerprint density at radius 3 is 2.41 bits per heavy atom. The van der Waals surface area contributed by atoms with Crippen LogP contribution in [0.25, 0.3) is 0 Å². The lowest BCUT2D eigenvalue weighted by molar-refractivity contribution is -0.128. The van der Waals surface area contributed by atoms with Crippen LogP contribution >= 0.6 is 0 Å². The van der Waals surface area contributed by atoms with Crippen molar-refractivity contribution in [1.29, 1.82) is 0 Å². The average Bonchev–Trinajstić information content (AvgIpc) is 2.29. The lowest BCUT2D eigenvalue weighted by atomic mass is 10.2. The molecule has 0 heterocycles. The first-order valence-electron chi connectivity index (χ1n) is 4.86. The van der Waals surface area contributed by atoms with E-state index in [1.165, 1.54) is 12.1 Å². The van der Waals surface area contributed by atoms with Gasteiger partial charge in [-0.1, -0.05) is 29.8 Å². The molecule has 0 saturated carbocycles. The minimum absolute atomic E-state index is 0.113. The molecular weight excluding hydrogens is 244 g/mol. The van der Waals surface area contributed by atoms with E-state index in [-0.39, 0.29) is 18.6 Å². The molecular formula is C11H12O5S. The van der Waals surface area contributed by atoms with E-state index in [9.17, 15) is 18.0 Å². The average molecular weight is 256 g/mol. The molecule has 92 valence electrons.